The predicted octanol–water partition coefficient (Wildman–Crippen LogP) is 0.599. The second-order valence-electron chi connectivity index (χ2n) is 4.33. The minimum absolute atomic E-state index is 0.0771. The van der Waals surface area contributed by atoms with Gasteiger partial charge in [-0.05, 0) is 35.5 Å². The smallest absolute Gasteiger partial charge is 0.305 e. The Morgan fingerprint density at radius 1 is 1.38 bits per heavy atom. The molecule has 1 aromatic carbocycles. The van der Waals surface area contributed by atoms with E-state index in [-0.39, 0.29) is 18.9 Å². The molecular formula is C13H15N5O3. The lowest BCUT2D eigenvalue weighted by atomic mass is 10.1. The number of benzene rings is 1. The quantitative estimate of drug-likeness (QED) is 0.835. The number of carbonyl (C=O) groups excluding carboxylic acids is 1. The summed E-state index contributed by atoms with van der Waals surface area (Å²) in [7, 11) is 0. The second-order valence-corrected chi connectivity index (χ2v) is 4.33. The number of aliphatic carboxylic acids is 1. The van der Waals surface area contributed by atoms with Gasteiger partial charge in [0, 0.05) is 18.7 Å². The van der Waals surface area contributed by atoms with Gasteiger partial charge in [0.05, 0.1) is 12.1 Å². The van der Waals surface area contributed by atoms with Crippen LogP contribution in [0.3, 0.4) is 0 Å². The fraction of sp³-hybridized carbons (Fsp3) is 0.308. The predicted molar refractivity (Wildman–Crippen MR) is 73.0 cm³/mol. The van der Waals surface area contributed by atoms with Crippen LogP contribution in [-0.2, 0) is 4.79 Å². The lowest BCUT2D eigenvalue weighted by Crippen LogP contribution is -2.32. The maximum absolute atomic E-state index is 12.4. The molecule has 0 radical (unpaired) electrons. The number of tetrazole rings is 1. The van der Waals surface area contributed by atoms with Crippen LogP contribution in [0.15, 0.2) is 30.6 Å². The Balaban J connectivity index is 2.18. The SMILES string of the molecule is CCN(CCC(=O)O)C(=O)c1cccc(-n2cnnn2)c1. The van der Waals surface area contributed by atoms with Gasteiger partial charge in [-0.25, -0.2) is 4.68 Å². The molecule has 0 aliphatic heterocycles. The summed E-state index contributed by atoms with van der Waals surface area (Å²) in [5, 5.41) is 19.6. The third-order valence-corrected chi connectivity index (χ3v) is 2.97. The van der Waals surface area contributed by atoms with Gasteiger partial charge >= 0.3 is 5.97 Å². The summed E-state index contributed by atoms with van der Waals surface area (Å²) in [5.74, 6) is -1.14. The second kappa shape index (κ2) is 6.60. The van der Waals surface area contributed by atoms with Crippen LogP contribution in [-0.4, -0.2) is 55.2 Å². The molecule has 1 N–H and O–H groups in total. The molecule has 0 bridgehead atoms. The summed E-state index contributed by atoms with van der Waals surface area (Å²) in [4.78, 5) is 24.5. The van der Waals surface area contributed by atoms with Crippen molar-refractivity contribution in [2.75, 3.05) is 13.1 Å². The van der Waals surface area contributed by atoms with Crippen molar-refractivity contribution in [2.45, 2.75) is 13.3 Å². The topological polar surface area (TPSA) is 101 Å². The number of rotatable bonds is 6. The first kappa shape index (κ1) is 14.6. The highest BCUT2D eigenvalue weighted by molar-refractivity contribution is 5.94. The molecule has 1 heterocycles. The first-order valence-electron chi connectivity index (χ1n) is 6.46. The van der Waals surface area contributed by atoms with Crippen LogP contribution in [0.1, 0.15) is 23.7 Å². The molecular weight excluding hydrogens is 274 g/mol. The lowest BCUT2D eigenvalue weighted by Gasteiger charge is -2.20. The fourth-order valence-electron chi connectivity index (χ4n) is 1.88. The first-order chi connectivity index (χ1) is 10.1. The van der Waals surface area contributed by atoms with Crippen molar-refractivity contribution in [3.8, 4) is 5.69 Å². The average molecular weight is 289 g/mol. The number of amides is 1. The molecule has 0 unspecified atom stereocenters. The molecule has 8 nitrogen and oxygen atoms in total. The van der Waals surface area contributed by atoms with Crippen molar-refractivity contribution < 1.29 is 14.7 Å². The largest absolute Gasteiger partial charge is 0.481 e. The summed E-state index contributed by atoms with van der Waals surface area (Å²) >= 11 is 0. The van der Waals surface area contributed by atoms with Gasteiger partial charge in [-0.15, -0.1) is 5.10 Å². The third kappa shape index (κ3) is 3.62. The van der Waals surface area contributed by atoms with E-state index in [2.05, 4.69) is 15.5 Å². The molecule has 2 rings (SSSR count). The Morgan fingerprint density at radius 2 is 2.19 bits per heavy atom. The molecule has 0 fully saturated rings. The maximum Gasteiger partial charge on any atom is 0.305 e. The monoisotopic (exact) mass is 289 g/mol. The van der Waals surface area contributed by atoms with Crippen molar-refractivity contribution in [3.05, 3.63) is 36.2 Å². The van der Waals surface area contributed by atoms with E-state index in [1.54, 1.807) is 24.3 Å². The molecule has 0 aliphatic carbocycles. The minimum atomic E-state index is -0.927. The highest BCUT2D eigenvalue weighted by atomic mass is 16.4. The van der Waals surface area contributed by atoms with Gasteiger partial charge in [-0.2, -0.15) is 0 Å². The molecule has 21 heavy (non-hydrogen) atoms. The average Bonchev–Trinajstić information content (AvgIpc) is 3.02. The standard InChI is InChI=1S/C13H15N5O3/c1-2-17(7-6-12(19)20)13(21)10-4-3-5-11(8-10)18-9-14-15-16-18/h3-5,8-9H,2,6-7H2,1H3,(H,19,20). The summed E-state index contributed by atoms with van der Waals surface area (Å²) in [6, 6.07) is 6.86. The number of carbonyl (C=O) groups is 2. The molecule has 0 saturated carbocycles. The van der Waals surface area contributed by atoms with Crippen LogP contribution in [0.2, 0.25) is 0 Å². The summed E-state index contributed by atoms with van der Waals surface area (Å²) in [5.41, 5.74) is 1.13. The van der Waals surface area contributed by atoms with Crippen LogP contribution in [0.25, 0.3) is 5.69 Å². The molecule has 8 heteroatoms. The maximum atomic E-state index is 12.4. The fourth-order valence-corrected chi connectivity index (χ4v) is 1.88. The summed E-state index contributed by atoms with van der Waals surface area (Å²) in [6.45, 7) is 2.44. The van der Waals surface area contributed by atoms with Crippen LogP contribution in [0.4, 0.5) is 0 Å². The Hall–Kier alpha value is -2.77. The van der Waals surface area contributed by atoms with Gasteiger partial charge in [-0.1, -0.05) is 6.07 Å². The normalized spacial score (nSPS) is 10.3. The van der Waals surface area contributed by atoms with Gasteiger partial charge in [0.25, 0.3) is 5.91 Å². The van der Waals surface area contributed by atoms with Crippen molar-refractivity contribution in [1.82, 2.24) is 25.1 Å². The molecule has 0 spiro atoms. The number of aromatic nitrogens is 4. The van der Waals surface area contributed by atoms with E-state index < -0.39 is 5.97 Å². The van der Waals surface area contributed by atoms with Crippen LogP contribution in [0, 0.1) is 0 Å². The zero-order valence-corrected chi connectivity index (χ0v) is 11.5. The molecule has 0 saturated heterocycles. The Labute approximate surface area is 121 Å². The van der Waals surface area contributed by atoms with Gasteiger partial charge in [0.2, 0.25) is 0 Å². The van der Waals surface area contributed by atoms with E-state index in [0.29, 0.717) is 17.8 Å². The van der Waals surface area contributed by atoms with E-state index in [9.17, 15) is 9.59 Å². The van der Waals surface area contributed by atoms with Gasteiger partial charge in [-0.3, -0.25) is 9.59 Å². The van der Waals surface area contributed by atoms with E-state index in [4.69, 9.17) is 5.11 Å². The number of carboxylic acid groups (broad SMARTS) is 1. The zero-order valence-electron chi connectivity index (χ0n) is 11.5. The zero-order chi connectivity index (χ0) is 15.2. The number of hydrogen-bond donors (Lipinski definition) is 1. The lowest BCUT2D eigenvalue weighted by molar-refractivity contribution is -0.137. The number of nitrogens with zero attached hydrogens (tertiary/aromatic N) is 5. The van der Waals surface area contributed by atoms with E-state index in [1.807, 2.05) is 6.92 Å². The Kier molecular flexibility index (Phi) is 4.60. The molecule has 0 atom stereocenters. The highest BCUT2D eigenvalue weighted by Gasteiger charge is 2.15. The Morgan fingerprint density at radius 3 is 2.81 bits per heavy atom. The van der Waals surface area contributed by atoms with Crippen LogP contribution < -0.4 is 0 Å². The Bertz CT molecular complexity index is 626. The van der Waals surface area contributed by atoms with E-state index >= 15 is 0 Å². The van der Waals surface area contributed by atoms with E-state index in [0.717, 1.165) is 0 Å². The van der Waals surface area contributed by atoms with Gasteiger partial charge in [0.15, 0.2) is 0 Å². The van der Waals surface area contributed by atoms with E-state index in [1.165, 1.54) is 15.9 Å². The van der Waals surface area contributed by atoms with Crippen LogP contribution >= 0.6 is 0 Å². The molecule has 2 aromatic rings. The van der Waals surface area contributed by atoms with Crippen molar-refractivity contribution in [2.24, 2.45) is 0 Å². The number of carboxylic acids is 1. The highest BCUT2D eigenvalue weighted by Crippen LogP contribution is 2.11. The van der Waals surface area contributed by atoms with Crippen LogP contribution in [0.5, 0.6) is 0 Å². The minimum Gasteiger partial charge on any atom is -0.481 e. The van der Waals surface area contributed by atoms with Crippen molar-refractivity contribution >= 4 is 11.9 Å². The molecule has 1 amide bonds. The van der Waals surface area contributed by atoms with Crippen molar-refractivity contribution in [1.29, 1.82) is 0 Å². The third-order valence-electron chi connectivity index (χ3n) is 2.97. The number of hydrogen-bond acceptors (Lipinski definition) is 5. The molecule has 1 aromatic heterocycles. The van der Waals surface area contributed by atoms with Crippen molar-refractivity contribution in [3.63, 3.8) is 0 Å². The van der Waals surface area contributed by atoms with Gasteiger partial charge < -0.3 is 10.0 Å². The first-order valence-corrected chi connectivity index (χ1v) is 6.46. The summed E-state index contributed by atoms with van der Waals surface area (Å²) < 4.78 is 1.45. The van der Waals surface area contributed by atoms with Gasteiger partial charge in [0.1, 0.15) is 6.33 Å². The summed E-state index contributed by atoms with van der Waals surface area (Å²) in [6.07, 6.45) is 1.36. The molecule has 0 aliphatic rings. The molecule has 110 valence electrons.